The number of imidazole rings is 1. The van der Waals surface area contributed by atoms with Crippen LogP contribution in [0.15, 0.2) is 18.2 Å². The van der Waals surface area contributed by atoms with Gasteiger partial charge in [0.05, 0.1) is 11.0 Å². The van der Waals surface area contributed by atoms with E-state index in [1.165, 1.54) is 5.56 Å². The molecule has 80 valence electrons. The van der Waals surface area contributed by atoms with Gasteiger partial charge in [0.1, 0.15) is 0 Å². The molecule has 0 amide bonds. The van der Waals surface area contributed by atoms with Crippen molar-refractivity contribution in [2.24, 2.45) is 7.05 Å². The molecule has 15 heavy (non-hydrogen) atoms. The molecular formula is C12H16N2S. The lowest BCUT2D eigenvalue weighted by Crippen LogP contribution is -2.10. The highest BCUT2D eigenvalue weighted by Gasteiger charge is 2.14. The number of nitrogens with zero attached hydrogens (tertiary/aromatic N) is 1. The van der Waals surface area contributed by atoms with E-state index < -0.39 is 0 Å². The van der Waals surface area contributed by atoms with Gasteiger partial charge >= 0.3 is 0 Å². The molecule has 2 nitrogen and oxygen atoms in total. The Labute approximate surface area is 94.9 Å². The van der Waals surface area contributed by atoms with Crippen LogP contribution < -0.4 is 0 Å². The number of hydrogen-bond donors (Lipinski definition) is 1. The van der Waals surface area contributed by atoms with E-state index in [1.807, 2.05) is 11.6 Å². The zero-order valence-corrected chi connectivity index (χ0v) is 10.4. The molecule has 0 aliphatic rings. The van der Waals surface area contributed by atoms with Crippen molar-refractivity contribution in [3.05, 3.63) is 28.5 Å². The molecule has 1 aromatic heterocycles. The molecule has 0 radical (unpaired) electrons. The minimum atomic E-state index is 0.180. The number of aromatic nitrogens is 2. The number of aromatic amines is 1. The second-order valence-corrected chi connectivity index (χ2v) is 5.36. The Kier molecular flexibility index (Phi) is 2.23. The van der Waals surface area contributed by atoms with Gasteiger partial charge in [0.25, 0.3) is 0 Å². The zero-order valence-electron chi connectivity index (χ0n) is 9.59. The summed E-state index contributed by atoms with van der Waals surface area (Å²) in [5.41, 5.74) is 3.79. The molecule has 0 saturated carbocycles. The van der Waals surface area contributed by atoms with E-state index >= 15 is 0 Å². The van der Waals surface area contributed by atoms with Gasteiger partial charge in [-0.2, -0.15) is 0 Å². The van der Waals surface area contributed by atoms with E-state index in [0.29, 0.717) is 0 Å². The molecule has 2 aromatic rings. The maximum Gasteiger partial charge on any atom is 0.177 e. The fourth-order valence-corrected chi connectivity index (χ4v) is 1.91. The number of aryl methyl sites for hydroxylation is 1. The van der Waals surface area contributed by atoms with E-state index in [-0.39, 0.29) is 5.41 Å². The van der Waals surface area contributed by atoms with Gasteiger partial charge in [-0.1, -0.05) is 26.8 Å². The molecule has 0 aliphatic heterocycles. The van der Waals surface area contributed by atoms with Crippen LogP contribution in [-0.4, -0.2) is 9.55 Å². The minimum Gasteiger partial charge on any atom is -0.331 e. The van der Waals surface area contributed by atoms with Crippen molar-refractivity contribution in [3.63, 3.8) is 0 Å². The lowest BCUT2D eigenvalue weighted by atomic mass is 9.87. The third-order valence-electron chi connectivity index (χ3n) is 2.77. The number of fused-ring (bicyclic) bond motifs is 1. The highest BCUT2D eigenvalue weighted by molar-refractivity contribution is 7.71. The second-order valence-electron chi connectivity index (χ2n) is 4.97. The monoisotopic (exact) mass is 220 g/mol. The van der Waals surface area contributed by atoms with Crippen molar-refractivity contribution in [1.29, 1.82) is 0 Å². The van der Waals surface area contributed by atoms with E-state index in [2.05, 4.69) is 44.0 Å². The van der Waals surface area contributed by atoms with Crippen molar-refractivity contribution in [2.75, 3.05) is 0 Å². The van der Waals surface area contributed by atoms with Gasteiger partial charge in [-0.3, -0.25) is 0 Å². The normalized spacial score (nSPS) is 12.3. The first kappa shape index (κ1) is 10.4. The smallest absolute Gasteiger partial charge is 0.177 e. The highest BCUT2D eigenvalue weighted by Crippen LogP contribution is 2.25. The summed E-state index contributed by atoms with van der Waals surface area (Å²) in [5.74, 6) is 0. The molecular weight excluding hydrogens is 204 g/mol. The molecule has 1 heterocycles. The molecule has 0 bridgehead atoms. The summed E-state index contributed by atoms with van der Waals surface area (Å²) in [6.07, 6.45) is 0. The lowest BCUT2D eigenvalue weighted by Gasteiger charge is -2.18. The summed E-state index contributed by atoms with van der Waals surface area (Å²) >= 11 is 5.20. The van der Waals surface area contributed by atoms with Crippen LogP contribution in [0.1, 0.15) is 26.3 Å². The maximum absolute atomic E-state index is 5.20. The third kappa shape index (κ3) is 1.72. The molecule has 2 rings (SSSR count). The first-order valence-electron chi connectivity index (χ1n) is 5.09. The SMILES string of the molecule is Cn1c(=S)[nH]c2cc(C(C)(C)C)ccc21. The Morgan fingerprint density at radius 3 is 2.53 bits per heavy atom. The van der Waals surface area contributed by atoms with Crippen molar-refractivity contribution < 1.29 is 0 Å². The number of H-pyrrole nitrogens is 1. The average Bonchev–Trinajstić information content (AvgIpc) is 2.41. The Morgan fingerprint density at radius 1 is 1.27 bits per heavy atom. The summed E-state index contributed by atoms with van der Waals surface area (Å²) in [6, 6.07) is 6.48. The van der Waals surface area contributed by atoms with Crippen molar-refractivity contribution in [3.8, 4) is 0 Å². The first-order valence-corrected chi connectivity index (χ1v) is 5.49. The van der Waals surface area contributed by atoms with E-state index in [1.54, 1.807) is 0 Å². The molecule has 0 spiro atoms. The topological polar surface area (TPSA) is 20.7 Å². The summed E-state index contributed by atoms with van der Waals surface area (Å²) < 4.78 is 2.77. The summed E-state index contributed by atoms with van der Waals surface area (Å²) in [4.78, 5) is 3.22. The Morgan fingerprint density at radius 2 is 1.93 bits per heavy atom. The number of hydrogen-bond acceptors (Lipinski definition) is 1. The van der Waals surface area contributed by atoms with Crippen LogP contribution in [0.3, 0.4) is 0 Å². The number of benzene rings is 1. The molecule has 1 N–H and O–H groups in total. The van der Waals surface area contributed by atoms with Crippen molar-refractivity contribution in [2.45, 2.75) is 26.2 Å². The van der Waals surface area contributed by atoms with E-state index in [9.17, 15) is 0 Å². The molecule has 0 unspecified atom stereocenters. The van der Waals surface area contributed by atoms with Crippen molar-refractivity contribution >= 4 is 23.3 Å². The quantitative estimate of drug-likeness (QED) is 0.674. The predicted molar refractivity (Wildman–Crippen MR) is 66.8 cm³/mol. The Hall–Kier alpha value is -1.09. The summed E-state index contributed by atoms with van der Waals surface area (Å²) in [5, 5.41) is 0. The lowest BCUT2D eigenvalue weighted by molar-refractivity contribution is 0.591. The van der Waals surface area contributed by atoms with Crippen LogP contribution in [0.25, 0.3) is 11.0 Å². The zero-order chi connectivity index (χ0) is 11.2. The predicted octanol–water partition coefficient (Wildman–Crippen LogP) is 3.53. The van der Waals surface area contributed by atoms with Gasteiger partial charge in [0, 0.05) is 7.05 Å². The maximum atomic E-state index is 5.20. The van der Waals surface area contributed by atoms with E-state index in [4.69, 9.17) is 12.2 Å². The third-order valence-corrected chi connectivity index (χ3v) is 3.15. The van der Waals surface area contributed by atoms with Crippen LogP contribution in [0.2, 0.25) is 0 Å². The van der Waals surface area contributed by atoms with Crippen LogP contribution in [0.5, 0.6) is 0 Å². The first-order chi connectivity index (χ1) is 6.89. The highest BCUT2D eigenvalue weighted by atomic mass is 32.1. The van der Waals surface area contributed by atoms with E-state index in [0.717, 1.165) is 15.8 Å². The number of rotatable bonds is 0. The van der Waals surface area contributed by atoms with Gasteiger partial charge in [-0.15, -0.1) is 0 Å². The summed E-state index contributed by atoms with van der Waals surface area (Å²) in [7, 11) is 1.98. The molecule has 3 heteroatoms. The Bertz CT molecular complexity index is 555. The number of nitrogens with one attached hydrogen (secondary N) is 1. The van der Waals surface area contributed by atoms with Gasteiger partial charge in [0.15, 0.2) is 4.77 Å². The standard InChI is InChI=1S/C12H16N2S/c1-12(2,3)8-5-6-10-9(7-8)13-11(15)14(10)4/h5-7H,1-4H3,(H,13,15). The molecule has 0 fully saturated rings. The largest absolute Gasteiger partial charge is 0.331 e. The van der Waals surface area contributed by atoms with Gasteiger partial charge in [-0.05, 0) is 35.3 Å². The minimum absolute atomic E-state index is 0.180. The van der Waals surface area contributed by atoms with Gasteiger partial charge < -0.3 is 9.55 Å². The Balaban J connectivity index is 2.73. The van der Waals surface area contributed by atoms with Gasteiger partial charge in [-0.25, -0.2) is 0 Å². The fourth-order valence-electron chi connectivity index (χ4n) is 1.70. The average molecular weight is 220 g/mol. The molecule has 0 saturated heterocycles. The van der Waals surface area contributed by atoms with Crippen LogP contribution in [0, 0.1) is 4.77 Å². The van der Waals surface area contributed by atoms with Crippen molar-refractivity contribution in [1.82, 2.24) is 9.55 Å². The molecule has 1 aromatic carbocycles. The molecule has 0 aliphatic carbocycles. The van der Waals surface area contributed by atoms with Crippen LogP contribution in [-0.2, 0) is 12.5 Å². The summed E-state index contributed by atoms with van der Waals surface area (Å²) in [6.45, 7) is 6.64. The van der Waals surface area contributed by atoms with Crippen LogP contribution in [0.4, 0.5) is 0 Å². The molecule has 0 atom stereocenters. The van der Waals surface area contributed by atoms with Crippen LogP contribution >= 0.6 is 12.2 Å². The van der Waals surface area contributed by atoms with Gasteiger partial charge in [0.2, 0.25) is 0 Å². The second kappa shape index (κ2) is 3.20. The fraction of sp³-hybridized carbons (Fsp3) is 0.417.